The fourth-order valence-corrected chi connectivity index (χ4v) is 0. The number of carboxylic acid groups (broad SMARTS) is 2. The fraction of sp³-hybridized carbons (Fsp3) is 0.778. The SMILES string of the molecule is CC(N)CN.CCC(=O)O.CCC(=O)O. The van der Waals surface area contributed by atoms with Gasteiger partial charge in [0.1, 0.15) is 0 Å². The lowest BCUT2D eigenvalue weighted by atomic mass is 10.4. The molecule has 1 unspecified atom stereocenters. The van der Waals surface area contributed by atoms with Crippen LogP contribution in [-0.4, -0.2) is 34.7 Å². The van der Waals surface area contributed by atoms with E-state index in [4.69, 9.17) is 21.7 Å². The minimum absolute atomic E-state index is 0.162. The molecular weight excluding hydrogens is 200 g/mol. The summed E-state index contributed by atoms with van der Waals surface area (Å²) in [5, 5.41) is 15.4. The van der Waals surface area contributed by atoms with Crippen LogP contribution in [0.4, 0.5) is 0 Å². The van der Waals surface area contributed by atoms with E-state index in [0.29, 0.717) is 6.54 Å². The Kier molecular flexibility index (Phi) is 19.9. The maximum atomic E-state index is 9.37. The van der Waals surface area contributed by atoms with Gasteiger partial charge in [-0.05, 0) is 6.92 Å². The lowest BCUT2D eigenvalue weighted by Gasteiger charge is -1.92. The van der Waals surface area contributed by atoms with Crippen LogP contribution in [-0.2, 0) is 9.59 Å². The molecule has 0 heterocycles. The summed E-state index contributed by atoms with van der Waals surface area (Å²) in [6, 6.07) is 0.162. The Morgan fingerprint density at radius 1 is 1.13 bits per heavy atom. The van der Waals surface area contributed by atoms with Gasteiger partial charge >= 0.3 is 11.9 Å². The van der Waals surface area contributed by atoms with Crippen LogP contribution >= 0.6 is 0 Å². The molecule has 6 heteroatoms. The molecule has 0 saturated carbocycles. The summed E-state index contributed by atoms with van der Waals surface area (Å²) < 4.78 is 0. The molecule has 6 N–H and O–H groups in total. The van der Waals surface area contributed by atoms with Gasteiger partial charge in [0.25, 0.3) is 0 Å². The van der Waals surface area contributed by atoms with Gasteiger partial charge in [-0.15, -0.1) is 0 Å². The topological polar surface area (TPSA) is 127 Å². The zero-order valence-electron chi connectivity index (χ0n) is 9.56. The van der Waals surface area contributed by atoms with Crippen molar-refractivity contribution in [3.05, 3.63) is 0 Å². The third-order valence-corrected chi connectivity index (χ3v) is 0.977. The predicted octanol–water partition coefficient (Wildman–Crippen LogP) is 0.254. The van der Waals surface area contributed by atoms with Gasteiger partial charge in [-0.25, -0.2) is 0 Å². The maximum absolute atomic E-state index is 9.37. The first-order chi connectivity index (χ1) is 6.81. The van der Waals surface area contributed by atoms with Gasteiger partial charge in [-0.2, -0.15) is 0 Å². The second kappa shape index (κ2) is 15.3. The van der Waals surface area contributed by atoms with Crippen LogP contribution < -0.4 is 11.5 Å². The van der Waals surface area contributed by atoms with Gasteiger partial charge in [-0.1, -0.05) is 13.8 Å². The Labute approximate surface area is 90.3 Å². The summed E-state index contributed by atoms with van der Waals surface area (Å²) in [6.07, 6.45) is 0.444. The molecular formula is C9H22N2O4. The van der Waals surface area contributed by atoms with E-state index in [1.165, 1.54) is 0 Å². The summed E-state index contributed by atoms with van der Waals surface area (Å²) in [7, 11) is 0. The molecule has 0 spiro atoms. The lowest BCUT2D eigenvalue weighted by molar-refractivity contribution is -0.137. The normalized spacial score (nSPS) is 9.93. The minimum atomic E-state index is -0.745. The highest BCUT2D eigenvalue weighted by Gasteiger charge is 1.81. The quantitative estimate of drug-likeness (QED) is 0.542. The van der Waals surface area contributed by atoms with E-state index in [9.17, 15) is 9.59 Å². The van der Waals surface area contributed by atoms with E-state index in [0.717, 1.165) is 0 Å². The summed E-state index contributed by atoms with van der Waals surface area (Å²) in [5.41, 5.74) is 10.2. The van der Waals surface area contributed by atoms with Crippen LogP contribution in [0.5, 0.6) is 0 Å². The Morgan fingerprint density at radius 3 is 1.27 bits per heavy atom. The fourth-order valence-electron chi connectivity index (χ4n) is 0. The monoisotopic (exact) mass is 222 g/mol. The molecule has 0 amide bonds. The zero-order chi connectivity index (χ0) is 12.9. The van der Waals surface area contributed by atoms with E-state index >= 15 is 0 Å². The molecule has 0 rings (SSSR count). The van der Waals surface area contributed by atoms with Crippen molar-refractivity contribution in [2.75, 3.05) is 6.54 Å². The van der Waals surface area contributed by atoms with E-state index in [-0.39, 0.29) is 18.9 Å². The Bertz CT molecular complexity index is 146. The van der Waals surface area contributed by atoms with Crippen molar-refractivity contribution in [3.8, 4) is 0 Å². The number of aliphatic carboxylic acids is 2. The van der Waals surface area contributed by atoms with Crippen LogP contribution in [0.3, 0.4) is 0 Å². The molecule has 0 bridgehead atoms. The second-order valence-corrected chi connectivity index (χ2v) is 2.71. The number of carbonyl (C=O) groups is 2. The predicted molar refractivity (Wildman–Crippen MR) is 58.6 cm³/mol. The molecule has 0 aromatic rings. The highest BCUT2D eigenvalue weighted by Crippen LogP contribution is 1.67. The van der Waals surface area contributed by atoms with Crippen LogP contribution in [0, 0.1) is 0 Å². The standard InChI is InChI=1S/C3H10N2.2C3H6O2/c1-3(5)2-4;2*1-2-3(4)5/h3H,2,4-5H2,1H3;2*2H2,1H3,(H,4,5). The van der Waals surface area contributed by atoms with Crippen LogP contribution in [0.15, 0.2) is 0 Å². The molecule has 6 nitrogen and oxygen atoms in total. The lowest BCUT2D eigenvalue weighted by Crippen LogP contribution is -2.25. The van der Waals surface area contributed by atoms with Gasteiger partial charge in [0.2, 0.25) is 0 Å². The second-order valence-electron chi connectivity index (χ2n) is 2.71. The van der Waals surface area contributed by atoms with Gasteiger partial charge in [0.15, 0.2) is 0 Å². The summed E-state index contributed by atoms with van der Waals surface area (Å²) in [4.78, 5) is 18.7. The number of hydrogen-bond donors (Lipinski definition) is 4. The van der Waals surface area contributed by atoms with Crippen molar-refractivity contribution < 1.29 is 19.8 Å². The van der Waals surface area contributed by atoms with Crippen LogP contribution in [0.1, 0.15) is 33.6 Å². The van der Waals surface area contributed by atoms with E-state index in [2.05, 4.69) is 0 Å². The molecule has 1 atom stereocenters. The molecule has 0 aromatic heterocycles. The zero-order valence-corrected chi connectivity index (χ0v) is 9.56. The first-order valence-corrected chi connectivity index (χ1v) is 4.70. The van der Waals surface area contributed by atoms with Gasteiger partial charge in [-0.3, -0.25) is 9.59 Å². The Hall–Kier alpha value is -1.14. The third-order valence-electron chi connectivity index (χ3n) is 0.977. The van der Waals surface area contributed by atoms with E-state index < -0.39 is 11.9 Å². The number of carboxylic acids is 2. The molecule has 0 fully saturated rings. The van der Waals surface area contributed by atoms with Crippen LogP contribution in [0.2, 0.25) is 0 Å². The molecule has 92 valence electrons. The van der Waals surface area contributed by atoms with Crippen molar-refractivity contribution in [1.82, 2.24) is 0 Å². The molecule has 0 saturated heterocycles. The van der Waals surface area contributed by atoms with Gasteiger partial charge in [0.05, 0.1) is 0 Å². The van der Waals surface area contributed by atoms with Crippen molar-refractivity contribution in [2.24, 2.45) is 11.5 Å². The van der Waals surface area contributed by atoms with Gasteiger partial charge < -0.3 is 21.7 Å². The number of hydrogen-bond acceptors (Lipinski definition) is 4. The highest BCUT2D eigenvalue weighted by atomic mass is 16.4. The maximum Gasteiger partial charge on any atom is 0.303 e. The molecule has 15 heavy (non-hydrogen) atoms. The van der Waals surface area contributed by atoms with Gasteiger partial charge in [0, 0.05) is 25.4 Å². The van der Waals surface area contributed by atoms with E-state index in [1.807, 2.05) is 6.92 Å². The van der Waals surface area contributed by atoms with Crippen molar-refractivity contribution >= 4 is 11.9 Å². The average molecular weight is 222 g/mol. The molecule has 0 aliphatic heterocycles. The Morgan fingerprint density at radius 2 is 1.27 bits per heavy atom. The van der Waals surface area contributed by atoms with Crippen LogP contribution in [0.25, 0.3) is 0 Å². The number of nitrogens with two attached hydrogens (primary N) is 2. The van der Waals surface area contributed by atoms with E-state index in [1.54, 1.807) is 13.8 Å². The number of rotatable bonds is 3. The molecule has 0 aliphatic carbocycles. The smallest absolute Gasteiger partial charge is 0.303 e. The largest absolute Gasteiger partial charge is 0.481 e. The van der Waals surface area contributed by atoms with Crippen molar-refractivity contribution in [2.45, 2.75) is 39.7 Å². The average Bonchev–Trinajstić information content (AvgIpc) is 2.19. The minimum Gasteiger partial charge on any atom is -0.481 e. The summed E-state index contributed by atoms with van der Waals surface area (Å²) in [5.74, 6) is -1.49. The molecule has 0 radical (unpaired) electrons. The molecule has 0 aliphatic rings. The van der Waals surface area contributed by atoms with Crippen molar-refractivity contribution in [1.29, 1.82) is 0 Å². The first kappa shape index (κ1) is 19.4. The Balaban J connectivity index is -0.000000144. The first-order valence-electron chi connectivity index (χ1n) is 4.70. The third kappa shape index (κ3) is 64.2. The summed E-state index contributed by atoms with van der Waals surface area (Å²) in [6.45, 7) is 5.66. The van der Waals surface area contributed by atoms with Crippen molar-refractivity contribution in [3.63, 3.8) is 0 Å². The highest BCUT2D eigenvalue weighted by molar-refractivity contribution is 5.66. The molecule has 0 aromatic carbocycles. The summed E-state index contributed by atoms with van der Waals surface area (Å²) >= 11 is 0.